The zero-order valence-corrected chi connectivity index (χ0v) is 9.93. The molecule has 0 aliphatic heterocycles. The highest BCUT2D eigenvalue weighted by Gasteiger charge is 2.05. The largest absolute Gasteiger partial charge is 0.369 e. The molecule has 0 bridgehead atoms. The third kappa shape index (κ3) is 3.32. The van der Waals surface area contributed by atoms with Crippen LogP contribution in [0, 0.1) is 0 Å². The third-order valence-electron chi connectivity index (χ3n) is 2.10. The van der Waals surface area contributed by atoms with Crippen LogP contribution in [0.2, 0.25) is 0 Å². The number of amides is 1. The van der Waals surface area contributed by atoms with Crippen molar-refractivity contribution in [3.05, 3.63) is 42.5 Å². The van der Waals surface area contributed by atoms with Gasteiger partial charge in [0.2, 0.25) is 5.91 Å². The average molecular weight is 248 g/mol. The molecule has 0 aromatic carbocycles. The molecule has 2 aromatic heterocycles. The van der Waals surface area contributed by atoms with Crippen LogP contribution in [0.15, 0.2) is 42.1 Å². The molecular weight excluding hydrogens is 236 g/mol. The van der Waals surface area contributed by atoms with Gasteiger partial charge in [-0.05, 0) is 11.6 Å². The lowest BCUT2D eigenvalue weighted by molar-refractivity contribution is -0.115. The van der Waals surface area contributed by atoms with Crippen molar-refractivity contribution in [2.75, 3.05) is 5.75 Å². The minimum atomic E-state index is -0.342. The van der Waals surface area contributed by atoms with Crippen molar-refractivity contribution < 1.29 is 4.79 Å². The number of rotatable bonds is 5. The Morgan fingerprint density at radius 1 is 1.47 bits per heavy atom. The van der Waals surface area contributed by atoms with Gasteiger partial charge < -0.3 is 10.3 Å². The van der Waals surface area contributed by atoms with E-state index < -0.39 is 0 Å². The van der Waals surface area contributed by atoms with Gasteiger partial charge >= 0.3 is 0 Å². The Bertz CT molecular complexity index is 497. The van der Waals surface area contributed by atoms with Gasteiger partial charge in [0.05, 0.1) is 12.3 Å². The Hall–Kier alpha value is -1.82. The summed E-state index contributed by atoms with van der Waals surface area (Å²) in [6.07, 6.45) is 7.12. The molecule has 2 heterocycles. The Morgan fingerprint density at radius 3 is 3.06 bits per heavy atom. The van der Waals surface area contributed by atoms with E-state index in [-0.39, 0.29) is 11.7 Å². The first-order valence-electron chi connectivity index (χ1n) is 5.07. The van der Waals surface area contributed by atoms with Crippen molar-refractivity contribution in [3.63, 3.8) is 0 Å². The molecule has 88 valence electrons. The van der Waals surface area contributed by atoms with Crippen molar-refractivity contribution in [2.45, 2.75) is 11.7 Å². The van der Waals surface area contributed by atoms with E-state index >= 15 is 0 Å². The average Bonchev–Trinajstić information content (AvgIpc) is 2.75. The molecule has 0 radical (unpaired) electrons. The number of thioether (sulfide) groups is 1. The Morgan fingerprint density at radius 2 is 2.35 bits per heavy atom. The van der Waals surface area contributed by atoms with Crippen LogP contribution >= 0.6 is 11.8 Å². The van der Waals surface area contributed by atoms with E-state index in [1.54, 1.807) is 12.4 Å². The highest BCUT2D eigenvalue weighted by Crippen LogP contribution is 2.16. The summed E-state index contributed by atoms with van der Waals surface area (Å²) >= 11 is 1.34. The second-order valence-corrected chi connectivity index (χ2v) is 4.40. The number of pyridine rings is 1. The van der Waals surface area contributed by atoms with Gasteiger partial charge in [0.1, 0.15) is 0 Å². The number of carbonyl (C=O) groups excluding carboxylic acids is 1. The van der Waals surface area contributed by atoms with Gasteiger partial charge in [0.15, 0.2) is 5.16 Å². The number of aromatic nitrogens is 3. The van der Waals surface area contributed by atoms with Crippen LogP contribution in [-0.4, -0.2) is 26.2 Å². The fourth-order valence-corrected chi connectivity index (χ4v) is 2.08. The lowest BCUT2D eigenvalue weighted by Gasteiger charge is -2.06. The summed E-state index contributed by atoms with van der Waals surface area (Å²) in [4.78, 5) is 19.0. The van der Waals surface area contributed by atoms with Crippen LogP contribution in [0.25, 0.3) is 0 Å². The SMILES string of the molecule is NC(=O)CSc1nccn1Cc1cccnc1. The summed E-state index contributed by atoms with van der Waals surface area (Å²) in [5, 5.41) is 0.785. The maximum Gasteiger partial charge on any atom is 0.227 e. The molecular formula is C11H12N4OS. The summed E-state index contributed by atoms with van der Waals surface area (Å²) in [5.74, 6) is -0.102. The quantitative estimate of drug-likeness (QED) is 0.798. The molecule has 0 atom stereocenters. The zero-order valence-electron chi connectivity index (χ0n) is 9.11. The first-order valence-corrected chi connectivity index (χ1v) is 6.05. The van der Waals surface area contributed by atoms with E-state index in [0.29, 0.717) is 6.54 Å². The fraction of sp³-hybridized carbons (Fsp3) is 0.182. The van der Waals surface area contributed by atoms with E-state index in [0.717, 1.165) is 10.7 Å². The molecule has 0 saturated heterocycles. The summed E-state index contributed by atoms with van der Waals surface area (Å²) in [6, 6.07) is 3.89. The van der Waals surface area contributed by atoms with Crippen LogP contribution in [0.4, 0.5) is 0 Å². The molecule has 0 aliphatic rings. The minimum Gasteiger partial charge on any atom is -0.369 e. The first-order chi connectivity index (χ1) is 8.25. The van der Waals surface area contributed by atoms with Gasteiger partial charge in [-0.1, -0.05) is 17.8 Å². The van der Waals surface area contributed by atoms with Gasteiger partial charge in [-0.25, -0.2) is 4.98 Å². The lowest BCUT2D eigenvalue weighted by Crippen LogP contribution is -2.13. The number of nitrogens with zero attached hydrogens (tertiary/aromatic N) is 3. The first kappa shape index (κ1) is 11.7. The molecule has 17 heavy (non-hydrogen) atoms. The number of nitrogens with two attached hydrogens (primary N) is 1. The Labute approximate surface area is 103 Å². The van der Waals surface area contributed by atoms with Crippen LogP contribution in [0.1, 0.15) is 5.56 Å². The fourth-order valence-electron chi connectivity index (χ4n) is 1.38. The van der Waals surface area contributed by atoms with Gasteiger partial charge in [0, 0.05) is 24.8 Å². The molecule has 2 N–H and O–H groups in total. The van der Waals surface area contributed by atoms with Crippen LogP contribution in [0.3, 0.4) is 0 Å². The normalized spacial score (nSPS) is 10.4. The van der Waals surface area contributed by atoms with Crippen molar-refractivity contribution in [1.82, 2.24) is 14.5 Å². The van der Waals surface area contributed by atoms with Gasteiger partial charge in [0.25, 0.3) is 0 Å². The van der Waals surface area contributed by atoms with Crippen molar-refractivity contribution in [2.24, 2.45) is 5.73 Å². The predicted octanol–water partition coefficient (Wildman–Crippen LogP) is 0.904. The van der Waals surface area contributed by atoms with E-state index in [4.69, 9.17) is 5.73 Å². The number of carbonyl (C=O) groups is 1. The predicted molar refractivity (Wildman–Crippen MR) is 65.5 cm³/mol. The lowest BCUT2D eigenvalue weighted by atomic mass is 10.3. The molecule has 0 fully saturated rings. The third-order valence-corrected chi connectivity index (χ3v) is 3.12. The van der Waals surface area contributed by atoms with E-state index in [1.807, 2.05) is 29.1 Å². The van der Waals surface area contributed by atoms with Gasteiger partial charge in [-0.3, -0.25) is 9.78 Å². The summed E-state index contributed by atoms with van der Waals surface area (Å²) in [7, 11) is 0. The Kier molecular flexibility index (Phi) is 3.77. The van der Waals surface area contributed by atoms with Crippen LogP contribution < -0.4 is 5.73 Å². The van der Waals surface area contributed by atoms with Crippen molar-refractivity contribution >= 4 is 17.7 Å². The highest BCUT2D eigenvalue weighted by atomic mass is 32.2. The number of hydrogen-bond donors (Lipinski definition) is 1. The molecule has 0 unspecified atom stereocenters. The summed E-state index contributed by atoms with van der Waals surface area (Å²) < 4.78 is 1.96. The molecule has 0 aliphatic carbocycles. The molecule has 2 rings (SSSR count). The van der Waals surface area contributed by atoms with Crippen molar-refractivity contribution in [1.29, 1.82) is 0 Å². The summed E-state index contributed by atoms with van der Waals surface area (Å²) in [5.41, 5.74) is 6.19. The Balaban J connectivity index is 2.06. The molecule has 0 saturated carbocycles. The van der Waals surface area contributed by atoms with Gasteiger partial charge in [-0.15, -0.1) is 0 Å². The van der Waals surface area contributed by atoms with E-state index in [9.17, 15) is 4.79 Å². The second-order valence-electron chi connectivity index (χ2n) is 3.45. The molecule has 0 spiro atoms. The maximum absolute atomic E-state index is 10.7. The van der Waals surface area contributed by atoms with Gasteiger partial charge in [-0.2, -0.15) is 0 Å². The number of hydrogen-bond acceptors (Lipinski definition) is 4. The second kappa shape index (κ2) is 5.49. The number of imidazole rings is 1. The van der Waals surface area contributed by atoms with Crippen LogP contribution in [-0.2, 0) is 11.3 Å². The van der Waals surface area contributed by atoms with Crippen LogP contribution in [0.5, 0.6) is 0 Å². The highest BCUT2D eigenvalue weighted by molar-refractivity contribution is 7.99. The van der Waals surface area contributed by atoms with E-state index in [2.05, 4.69) is 9.97 Å². The molecule has 2 aromatic rings. The smallest absolute Gasteiger partial charge is 0.227 e. The topological polar surface area (TPSA) is 73.8 Å². The molecule has 1 amide bonds. The van der Waals surface area contributed by atoms with E-state index in [1.165, 1.54) is 11.8 Å². The van der Waals surface area contributed by atoms with Crippen molar-refractivity contribution in [3.8, 4) is 0 Å². The summed E-state index contributed by atoms with van der Waals surface area (Å²) in [6.45, 7) is 0.689. The number of primary amides is 1. The molecule has 6 heteroatoms. The zero-order chi connectivity index (χ0) is 12.1. The maximum atomic E-state index is 10.7. The standard InChI is InChI=1S/C11H12N4OS/c12-10(16)8-17-11-14-4-5-15(11)7-9-2-1-3-13-6-9/h1-6H,7-8H2,(H2,12,16). The monoisotopic (exact) mass is 248 g/mol. The molecule has 5 nitrogen and oxygen atoms in total. The minimum absolute atomic E-state index is 0.240.